The number of rotatable bonds is 4. The lowest BCUT2D eigenvalue weighted by Gasteiger charge is -2.34. The molecule has 0 radical (unpaired) electrons. The van der Waals surface area contributed by atoms with E-state index in [0.29, 0.717) is 12.8 Å². The van der Waals surface area contributed by atoms with Crippen molar-refractivity contribution in [2.75, 3.05) is 19.6 Å². The second-order valence-electron chi connectivity index (χ2n) is 6.84. The number of carbonyl (C=O) groups excluding carboxylic acids is 1. The summed E-state index contributed by atoms with van der Waals surface area (Å²) >= 11 is 0. The molecular formula is C16H28F3N3O. The monoisotopic (exact) mass is 335 g/mol. The number of urea groups is 1. The number of likely N-dealkylation sites (tertiary alicyclic amines) is 1. The van der Waals surface area contributed by atoms with Crippen molar-refractivity contribution in [2.45, 2.75) is 70.1 Å². The van der Waals surface area contributed by atoms with Gasteiger partial charge in [0.15, 0.2) is 0 Å². The molecule has 2 atom stereocenters. The molecule has 2 rings (SSSR count). The van der Waals surface area contributed by atoms with Crippen LogP contribution in [-0.2, 0) is 0 Å². The Kier molecular flexibility index (Phi) is 6.56. The highest BCUT2D eigenvalue weighted by Gasteiger charge is 2.42. The highest BCUT2D eigenvalue weighted by Crippen LogP contribution is 2.37. The summed E-state index contributed by atoms with van der Waals surface area (Å²) in [5.41, 5.74) is 0. The fourth-order valence-corrected chi connectivity index (χ4v) is 3.65. The topological polar surface area (TPSA) is 44.4 Å². The number of piperidine rings is 1. The Morgan fingerprint density at radius 3 is 2.35 bits per heavy atom. The maximum absolute atomic E-state index is 12.8. The van der Waals surface area contributed by atoms with E-state index < -0.39 is 12.1 Å². The standard InChI is InChI=1S/C16H28F3N3O/c1-2-8-22-9-6-13(7-10-22)20-15(23)21-14-5-3-4-12(11-14)16(17,18)19/h12-14H,2-11H2,1H3,(H2,20,21,23)/t12-,14+/m1/s1. The first-order valence-electron chi connectivity index (χ1n) is 8.74. The van der Waals surface area contributed by atoms with E-state index in [0.717, 1.165) is 38.9 Å². The molecule has 4 nitrogen and oxygen atoms in total. The lowest BCUT2D eigenvalue weighted by Crippen LogP contribution is -2.51. The van der Waals surface area contributed by atoms with Crippen molar-refractivity contribution in [2.24, 2.45) is 5.92 Å². The molecule has 1 heterocycles. The fraction of sp³-hybridized carbons (Fsp3) is 0.938. The summed E-state index contributed by atoms with van der Waals surface area (Å²) < 4.78 is 38.4. The van der Waals surface area contributed by atoms with Gasteiger partial charge in [-0.2, -0.15) is 13.2 Å². The van der Waals surface area contributed by atoms with Gasteiger partial charge >= 0.3 is 12.2 Å². The van der Waals surface area contributed by atoms with Crippen LogP contribution in [0.1, 0.15) is 51.9 Å². The van der Waals surface area contributed by atoms with Crippen LogP contribution < -0.4 is 10.6 Å². The lowest BCUT2D eigenvalue weighted by molar-refractivity contribution is -0.183. The third-order valence-electron chi connectivity index (χ3n) is 4.93. The molecule has 0 bridgehead atoms. The summed E-state index contributed by atoms with van der Waals surface area (Å²) in [7, 11) is 0. The van der Waals surface area contributed by atoms with E-state index in [1.165, 1.54) is 0 Å². The van der Waals surface area contributed by atoms with E-state index in [2.05, 4.69) is 22.5 Å². The third kappa shape index (κ3) is 5.86. The molecule has 1 aliphatic carbocycles. The smallest absolute Gasteiger partial charge is 0.335 e. The Labute approximate surface area is 136 Å². The fourth-order valence-electron chi connectivity index (χ4n) is 3.65. The molecule has 2 fully saturated rings. The molecule has 2 N–H and O–H groups in total. The molecule has 0 aromatic heterocycles. The van der Waals surface area contributed by atoms with Crippen LogP contribution in [0.4, 0.5) is 18.0 Å². The SMILES string of the molecule is CCCN1CCC(NC(=O)N[C@H]2CCC[C@@H](C(F)(F)F)C2)CC1. The molecule has 0 unspecified atom stereocenters. The van der Waals surface area contributed by atoms with Crippen LogP contribution in [0.5, 0.6) is 0 Å². The van der Waals surface area contributed by atoms with Gasteiger partial charge < -0.3 is 15.5 Å². The molecule has 2 amide bonds. The van der Waals surface area contributed by atoms with Crippen LogP contribution in [0.25, 0.3) is 0 Å². The second-order valence-corrected chi connectivity index (χ2v) is 6.84. The summed E-state index contributed by atoms with van der Waals surface area (Å²) in [4.78, 5) is 14.4. The highest BCUT2D eigenvalue weighted by molar-refractivity contribution is 5.74. The summed E-state index contributed by atoms with van der Waals surface area (Å²) in [5, 5.41) is 5.67. The molecule has 7 heteroatoms. The van der Waals surface area contributed by atoms with E-state index in [-0.39, 0.29) is 31.0 Å². The summed E-state index contributed by atoms with van der Waals surface area (Å²) in [6.45, 7) is 5.17. The number of hydrogen-bond donors (Lipinski definition) is 2. The van der Waals surface area contributed by atoms with Crippen LogP contribution in [0.15, 0.2) is 0 Å². The van der Waals surface area contributed by atoms with Gasteiger partial charge in [-0.3, -0.25) is 0 Å². The van der Waals surface area contributed by atoms with Crippen molar-refractivity contribution in [1.82, 2.24) is 15.5 Å². The largest absolute Gasteiger partial charge is 0.391 e. The van der Waals surface area contributed by atoms with Gasteiger partial charge in [-0.05, 0) is 45.1 Å². The first-order chi connectivity index (χ1) is 10.9. The van der Waals surface area contributed by atoms with Crippen LogP contribution in [0.2, 0.25) is 0 Å². The number of nitrogens with zero attached hydrogens (tertiary/aromatic N) is 1. The van der Waals surface area contributed by atoms with Crippen molar-refractivity contribution in [3.63, 3.8) is 0 Å². The minimum absolute atomic E-state index is 0.00582. The van der Waals surface area contributed by atoms with Gasteiger partial charge in [-0.25, -0.2) is 4.79 Å². The quantitative estimate of drug-likeness (QED) is 0.828. The predicted octanol–water partition coefficient (Wildman–Crippen LogP) is 3.28. The predicted molar refractivity (Wildman–Crippen MR) is 83.2 cm³/mol. The highest BCUT2D eigenvalue weighted by atomic mass is 19.4. The van der Waals surface area contributed by atoms with Gasteiger partial charge in [-0.15, -0.1) is 0 Å². The van der Waals surface area contributed by atoms with Gasteiger partial charge in [0.2, 0.25) is 0 Å². The number of amides is 2. The van der Waals surface area contributed by atoms with Crippen molar-refractivity contribution < 1.29 is 18.0 Å². The van der Waals surface area contributed by atoms with Gasteiger partial charge in [0.25, 0.3) is 0 Å². The van der Waals surface area contributed by atoms with Gasteiger partial charge in [0, 0.05) is 25.2 Å². The van der Waals surface area contributed by atoms with Crippen molar-refractivity contribution in [1.29, 1.82) is 0 Å². The Hall–Kier alpha value is -0.980. The van der Waals surface area contributed by atoms with E-state index in [4.69, 9.17) is 0 Å². The molecule has 1 saturated carbocycles. The van der Waals surface area contributed by atoms with Crippen LogP contribution in [0.3, 0.4) is 0 Å². The molecule has 23 heavy (non-hydrogen) atoms. The van der Waals surface area contributed by atoms with Crippen LogP contribution in [-0.4, -0.2) is 48.8 Å². The Bertz CT molecular complexity index is 381. The summed E-state index contributed by atoms with van der Waals surface area (Å²) in [5.74, 6) is -1.28. The second kappa shape index (κ2) is 8.22. The van der Waals surface area contributed by atoms with Gasteiger partial charge in [0.05, 0.1) is 5.92 Å². The Morgan fingerprint density at radius 1 is 1.09 bits per heavy atom. The molecule has 0 aromatic carbocycles. The molecule has 0 spiro atoms. The van der Waals surface area contributed by atoms with Crippen molar-refractivity contribution in [3.05, 3.63) is 0 Å². The van der Waals surface area contributed by atoms with Gasteiger partial charge in [0.1, 0.15) is 0 Å². The number of nitrogens with one attached hydrogen (secondary N) is 2. The number of alkyl halides is 3. The zero-order valence-corrected chi connectivity index (χ0v) is 13.8. The normalized spacial score (nSPS) is 27.7. The van der Waals surface area contributed by atoms with E-state index in [1.54, 1.807) is 0 Å². The van der Waals surface area contributed by atoms with E-state index in [1.807, 2.05) is 0 Å². The molecule has 1 aliphatic heterocycles. The van der Waals surface area contributed by atoms with Crippen LogP contribution in [0, 0.1) is 5.92 Å². The minimum Gasteiger partial charge on any atom is -0.335 e. The molecular weight excluding hydrogens is 307 g/mol. The molecule has 2 aliphatic rings. The molecule has 134 valence electrons. The zero-order chi connectivity index (χ0) is 16.9. The Balaban J connectivity index is 1.71. The zero-order valence-electron chi connectivity index (χ0n) is 13.8. The van der Waals surface area contributed by atoms with Crippen LogP contribution >= 0.6 is 0 Å². The maximum Gasteiger partial charge on any atom is 0.391 e. The van der Waals surface area contributed by atoms with Crippen molar-refractivity contribution in [3.8, 4) is 0 Å². The first kappa shape index (κ1) is 18.4. The average Bonchev–Trinajstić information content (AvgIpc) is 2.49. The Morgan fingerprint density at radius 2 is 1.74 bits per heavy atom. The van der Waals surface area contributed by atoms with E-state index >= 15 is 0 Å². The van der Waals surface area contributed by atoms with E-state index in [9.17, 15) is 18.0 Å². The number of halogens is 3. The molecule has 0 aromatic rings. The summed E-state index contributed by atoms with van der Waals surface area (Å²) in [6, 6.07) is -0.549. The molecule has 1 saturated heterocycles. The third-order valence-corrected chi connectivity index (χ3v) is 4.93. The average molecular weight is 335 g/mol. The first-order valence-corrected chi connectivity index (χ1v) is 8.74. The lowest BCUT2D eigenvalue weighted by atomic mass is 9.85. The maximum atomic E-state index is 12.8. The van der Waals surface area contributed by atoms with Crippen molar-refractivity contribution >= 4 is 6.03 Å². The number of hydrogen-bond acceptors (Lipinski definition) is 2. The van der Waals surface area contributed by atoms with Gasteiger partial charge in [-0.1, -0.05) is 13.3 Å². The number of carbonyl (C=O) groups is 1. The summed E-state index contributed by atoms with van der Waals surface area (Å²) in [6.07, 6.45) is 0.126. The minimum atomic E-state index is -4.15.